The number of carbonyl (C=O) groups is 1. The molecule has 0 spiro atoms. The highest BCUT2D eigenvalue weighted by Gasteiger charge is 2.44. The molecule has 4 N–H and O–H groups in total. The van der Waals surface area contributed by atoms with Crippen LogP contribution in [0.1, 0.15) is 59.6 Å². The lowest BCUT2D eigenvalue weighted by molar-refractivity contribution is -0.146. The lowest BCUT2D eigenvalue weighted by atomic mass is 9.99. The summed E-state index contributed by atoms with van der Waals surface area (Å²) >= 11 is 0. The number of ether oxygens (including phenoxy) is 3. The maximum absolute atomic E-state index is 14.0. The minimum Gasteiger partial charge on any atom is -0.479 e. The van der Waals surface area contributed by atoms with Crippen LogP contribution < -0.4 is 20.1 Å². The number of imidazole rings is 1. The molecule has 1 unspecified atom stereocenters. The molecular formula is C29H43N6O8P. The van der Waals surface area contributed by atoms with Crippen molar-refractivity contribution in [1.82, 2.24) is 24.6 Å². The van der Waals surface area contributed by atoms with E-state index in [-0.39, 0.29) is 36.7 Å². The molecule has 1 aromatic carbocycles. The van der Waals surface area contributed by atoms with Crippen molar-refractivity contribution in [3.8, 4) is 11.6 Å². The number of hydrogen-bond donors (Lipinski definition) is 3. The van der Waals surface area contributed by atoms with Crippen LogP contribution in [0.15, 0.2) is 36.7 Å². The molecule has 2 aromatic heterocycles. The van der Waals surface area contributed by atoms with Crippen LogP contribution in [0.2, 0.25) is 0 Å². The van der Waals surface area contributed by atoms with Crippen LogP contribution in [0.3, 0.4) is 0 Å². The van der Waals surface area contributed by atoms with Gasteiger partial charge in [0.15, 0.2) is 11.2 Å². The molecule has 0 saturated carbocycles. The first kappa shape index (κ1) is 33.6. The van der Waals surface area contributed by atoms with E-state index in [2.05, 4.69) is 33.9 Å². The summed E-state index contributed by atoms with van der Waals surface area (Å²) in [5.74, 6) is -0.286. The molecule has 3 heterocycles. The van der Waals surface area contributed by atoms with Crippen molar-refractivity contribution in [2.24, 2.45) is 11.8 Å². The number of methoxy groups -OCH3 is 1. The summed E-state index contributed by atoms with van der Waals surface area (Å²) in [4.78, 5) is 25.5. The molecule has 3 aromatic rings. The topological polar surface area (TPSA) is 182 Å². The summed E-state index contributed by atoms with van der Waals surface area (Å²) in [5, 5.41) is 13.8. The van der Waals surface area contributed by atoms with Gasteiger partial charge in [-0.2, -0.15) is 15.1 Å². The van der Waals surface area contributed by atoms with Gasteiger partial charge in [0.2, 0.25) is 11.8 Å². The van der Waals surface area contributed by atoms with Crippen molar-refractivity contribution in [2.75, 3.05) is 26.1 Å². The van der Waals surface area contributed by atoms with Gasteiger partial charge in [0, 0.05) is 5.92 Å². The van der Waals surface area contributed by atoms with Gasteiger partial charge in [0.1, 0.15) is 24.1 Å². The number of hydrogen-bond acceptors (Lipinski definition) is 12. The van der Waals surface area contributed by atoms with Crippen LogP contribution in [0.5, 0.6) is 11.6 Å². The number of anilines is 1. The van der Waals surface area contributed by atoms with Crippen LogP contribution in [-0.2, 0) is 23.4 Å². The Bertz CT molecular complexity index is 1420. The summed E-state index contributed by atoms with van der Waals surface area (Å²) in [6.07, 6.45) is 2.76. The monoisotopic (exact) mass is 634 g/mol. The molecule has 1 saturated heterocycles. The molecule has 0 amide bonds. The number of nitrogens with zero attached hydrogens (tertiary/aromatic N) is 4. The van der Waals surface area contributed by atoms with Crippen LogP contribution in [0, 0.1) is 11.8 Å². The second kappa shape index (κ2) is 15.1. The van der Waals surface area contributed by atoms with E-state index in [0.29, 0.717) is 11.2 Å². The lowest BCUT2D eigenvalue weighted by Gasteiger charge is -2.25. The molecule has 4 rings (SSSR count). The molecule has 15 heteroatoms. The quantitative estimate of drug-likeness (QED) is 0.150. The number of fused-ring (bicyclic) bond motifs is 1. The Morgan fingerprint density at radius 2 is 1.91 bits per heavy atom. The molecule has 0 aliphatic carbocycles. The number of nitrogens with two attached hydrogens (primary N) is 1. The summed E-state index contributed by atoms with van der Waals surface area (Å²) < 4.78 is 44.2. The maximum atomic E-state index is 14.0. The lowest BCUT2D eigenvalue weighted by Crippen LogP contribution is -2.37. The Balaban J connectivity index is 1.47. The minimum absolute atomic E-state index is 0.00819. The highest BCUT2D eigenvalue weighted by Crippen LogP contribution is 2.46. The second-order valence-electron chi connectivity index (χ2n) is 11.0. The summed E-state index contributed by atoms with van der Waals surface area (Å²) in [5.41, 5.74) is 6.61. The molecule has 1 aliphatic rings. The molecular weight excluding hydrogens is 591 g/mol. The predicted molar refractivity (Wildman–Crippen MR) is 163 cm³/mol. The van der Waals surface area contributed by atoms with E-state index in [0.717, 1.165) is 25.7 Å². The van der Waals surface area contributed by atoms with E-state index in [1.807, 2.05) is 0 Å². The van der Waals surface area contributed by atoms with Crippen molar-refractivity contribution in [3.05, 3.63) is 36.7 Å². The Labute approximate surface area is 257 Å². The average Bonchev–Trinajstić information content (AvgIpc) is 3.54. The summed E-state index contributed by atoms with van der Waals surface area (Å²) in [6, 6.07) is 7.45. The minimum atomic E-state index is -4.17. The van der Waals surface area contributed by atoms with E-state index in [1.165, 1.54) is 20.4 Å². The maximum Gasteiger partial charge on any atom is 0.459 e. The Kier molecular flexibility index (Phi) is 11.6. The zero-order valence-corrected chi connectivity index (χ0v) is 26.7. The first-order chi connectivity index (χ1) is 21.1. The fourth-order valence-electron chi connectivity index (χ4n) is 5.21. The van der Waals surface area contributed by atoms with Crippen LogP contribution in [-0.4, -0.2) is 69.2 Å². The summed E-state index contributed by atoms with van der Waals surface area (Å²) in [6.45, 7) is 7.48. The highest BCUT2D eigenvalue weighted by molar-refractivity contribution is 7.52. The number of rotatable bonds is 16. The number of aromatic nitrogens is 4. The zero-order chi connectivity index (χ0) is 31.9. The van der Waals surface area contributed by atoms with Crippen molar-refractivity contribution in [1.29, 1.82) is 0 Å². The fraction of sp³-hybridized carbons (Fsp3) is 0.586. The Hall–Kier alpha value is -3.29. The van der Waals surface area contributed by atoms with E-state index >= 15 is 0 Å². The number of aliphatic hydroxyl groups is 1. The van der Waals surface area contributed by atoms with Gasteiger partial charge in [-0.25, -0.2) is 9.55 Å². The number of carbonyl (C=O) groups excluding carboxylic acids is 1. The van der Waals surface area contributed by atoms with Gasteiger partial charge in [-0.3, -0.25) is 13.9 Å². The normalized spacial score (nSPS) is 22.2. The molecule has 1 aliphatic heterocycles. The number of para-hydroxylation sites is 1. The van der Waals surface area contributed by atoms with Crippen LogP contribution >= 0.6 is 7.75 Å². The number of nitrogen functional groups attached to an aromatic ring is 1. The third kappa shape index (κ3) is 8.05. The van der Waals surface area contributed by atoms with Gasteiger partial charge in [0.25, 0.3) is 0 Å². The van der Waals surface area contributed by atoms with E-state index in [1.54, 1.807) is 41.8 Å². The van der Waals surface area contributed by atoms with E-state index < -0.39 is 44.1 Å². The van der Waals surface area contributed by atoms with Gasteiger partial charge in [-0.1, -0.05) is 51.8 Å². The molecule has 0 bridgehead atoms. The number of esters is 1. The van der Waals surface area contributed by atoms with Crippen molar-refractivity contribution >= 4 is 30.8 Å². The van der Waals surface area contributed by atoms with E-state index in [9.17, 15) is 14.5 Å². The summed E-state index contributed by atoms with van der Waals surface area (Å²) in [7, 11) is -2.72. The fourth-order valence-corrected chi connectivity index (χ4v) is 6.71. The van der Waals surface area contributed by atoms with Gasteiger partial charge >= 0.3 is 13.7 Å². The SMILES string of the molecule is CCCC(CCC)COC(=O)[C@H](C)NP(=O)(OC[C@H]1O[C@@H](n2cnc3c(OC)nc(N)nc32)[C@@H](C)[C@@H]1O)Oc1ccccc1. The Morgan fingerprint density at radius 1 is 1.20 bits per heavy atom. The van der Waals surface area contributed by atoms with Crippen molar-refractivity contribution in [2.45, 2.75) is 77.9 Å². The molecule has 0 radical (unpaired) electrons. The highest BCUT2D eigenvalue weighted by atomic mass is 31.2. The molecule has 6 atom stereocenters. The number of nitrogens with one attached hydrogen (secondary N) is 1. The molecule has 1 fully saturated rings. The van der Waals surface area contributed by atoms with Gasteiger partial charge in [-0.05, 0) is 37.8 Å². The first-order valence-corrected chi connectivity index (χ1v) is 16.4. The van der Waals surface area contributed by atoms with Crippen LogP contribution in [0.25, 0.3) is 11.2 Å². The van der Waals surface area contributed by atoms with E-state index in [4.69, 9.17) is 29.0 Å². The zero-order valence-electron chi connectivity index (χ0n) is 25.8. The number of benzene rings is 1. The van der Waals surface area contributed by atoms with Crippen molar-refractivity contribution < 1.29 is 37.7 Å². The predicted octanol–water partition coefficient (Wildman–Crippen LogP) is 4.25. The second-order valence-corrected chi connectivity index (χ2v) is 12.6. The third-order valence-electron chi connectivity index (χ3n) is 7.50. The smallest absolute Gasteiger partial charge is 0.459 e. The van der Waals surface area contributed by atoms with Gasteiger partial charge in [-0.15, -0.1) is 0 Å². The molecule has 242 valence electrons. The molecule has 44 heavy (non-hydrogen) atoms. The van der Waals surface area contributed by atoms with Crippen molar-refractivity contribution in [3.63, 3.8) is 0 Å². The number of aliphatic hydroxyl groups excluding tert-OH is 1. The molecule has 14 nitrogen and oxygen atoms in total. The first-order valence-electron chi connectivity index (χ1n) is 14.9. The Morgan fingerprint density at radius 3 is 2.57 bits per heavy atom. The van der Waals surface area contributed by atoms with Crippen LogP contribution in [0.4, 0.5) is 5.95 Å². The van der Waals surface area contributed by atoms with Gasteiger partial charge < -0.3 is 29.6 Å². The largest absolute Gasteiger partial charge is 0.479 e. The van der Waals surface area contributed by atoms with Gasteiger partial charge in [0.05, 0.1) is 32.8 Å². The average molecular weight is 635 g/mol. The standard InChI is InChI=1S/C29H43N6O8P/c1-6-11-20(12-7-2)15-40-28(37)19(4)34-44(38,43-21-13-9-8-10-14-21)41-16-22-24(36)18(3)27(42-22)35-17-31-23-25(35)32-29(30)33-26(23)39-5/h8-10,13-14,17-20,22,24,27,36H,6-7,11-12,15-16H2,1-5H3,(H,34,38)(H2,30,32,33)/t18-,19-,22+,24-,27+,44?/m0/s1. The third-order valence-corrected chi connectivity index (χ3v) is 9.14.